The van der Waals surface area contributed by atoms with Crippen LogP contribution >= 0.6 is 0 Å². The van der Waals surface area contributed by atoms with Crippen LogP contribution < -0.4 is 14.2 Å². The lowest BCUT2D eigenvalue weighted by Crippen LogP contribution is -2.05. The Morgan fingerprint density at radius 3 is 2.33 bits per heavy atom. The molecule has 1 aromatic rings. The van der Waals surface area contributed by atoms with E-state index in [0.717, 1.165) is 11.5 Å². The lowest BCUT2D eigenvalue weighted by atomic mass is 10.2. The van der Waals surface area contributed by atoms with E-state index in [1.807, 2.05) is 18.2 Å². The molecular formula is C12H18O3. The van der Waals surface area contributed by atoms with Gasteiger partial charge in [0.25, 0.3) is 0 Å². The highest BCUT2D eigenvalue weighted by molar-refractivity contribution is 5.45. The van der Waals surface area contributed by atoms with Gasteiger partial charge < -0.3 is 14.2 Å². The molecule has 0 amide bonds. The predicted molar refractivity (Wildman–Crippen MR) is 59.9 cm³/mol. The van der Waals surface area contributed by atoms with Crippen molar-refractivity contribution in [1.82, 2.24) is 0 Å². The van der Waals surface area contributed by atoms with E-state index >= 15 is 0 Å². The average Bonchev–Trinajstić information content (AvgIpc) is 2.25. The third-order valence-corrected chi connectivity index (χ3v) is 1.94. The Kier molecular flexibility index (Phi) is 4.28. The zero-order chi connectivity index (χ0) is 11.3. The van der Waals surface area contributed by atoms with Crippen molar-refractivity contribution in [2.24, 2.45) is 5.92 Å². The fourth-order valence-electron chi connectivity index (χ4n) is 1.15. The van der Waals surface area contributed by atoms with Gasteiger partial charge >= 0.3 is 0 Å². The minimum absolute atomic E-state index is 0.497. The van der Waals surface area contributed by atoms with Gasteiger partial charge in [0, 0.05) is 6.07 Å². The molecular weight excluding hydrogens is 192 g/mol. The molecule has 0 atom stereocenters. The molecule has 0 aliphatic heterocycles. The molecule has 0 saturated carbocycles. The van der Waals surface area contributed by atoms with Gasteiger partial charge in [-0.15, -0.1) is 0 Å². The van der Waals surface area contributed by atoms with Crippen LogP contribution in [0.1, 0.15) is 13.8 Å². The van der Waals surface area contributed by atoms with E-state index in [9.17, 15) is 0 Å². The molecule has 0 fully saturated rings. The summed E-state index contributed by atoms with van der Waals surface area (Å²) in [4.78, 5) is 0. The van der Waals surface area contributed by atoms with Gasteiger partial charge in [0.1, 0.15) is 5.75 Å². The Morgan fingerprint density at radius 1 is 1.07 bits per heavy atom. The van der Waals surface area contributed by atoms with E-state index in [4.69, 9.17) is 14.2 Å². The Morgan fingerprint density at radius 2 is 1.80 bits per heavy atom. The van der Waals surface area contributed by atoms with E-state index in [-0.39, 0.29) is 0 Å². The van der Waals surface area contributed by atoms with Gasteiger partial charge in [-0.1, -0.05) is 13.8 Å². The van der Waals surface area contributed by atoms with E-state index in [1.165, 1.54) is 0 Å². The highest BCUT2D eigenvalue weighted by atomic mass is 16.5. The molecule has 0 heterocycles. The molecule has 3 nitrogen and oxygen atoms in total. The zero-order valence-corrected chi connectivity index (χ0v) is 9.74. The van der Waals surface area contributed by atoms with E-state index in [0.29, 0.717) is 18.3 Å². The molecule has 15 heavy (non-hydrogen) atoms. The summed E-state index contributed by atoms with van der Waals surface area (Å²) < 4.78 is 15.9. The molecule has 0 radical (unpaired) electrons. The molecule has 84 valence electrons. The summed E-state index contributed by atoms with van der Waals surface area (Å²) in [7, 11) is 3.25. The first-order valence-corrected chi connectivity index (χ1v) is 5.02. The van der Waals surface area contributed by atoms with Crippen LogP contribution in [-0.2, 0) is 0 Å². The highest BCUT2D eigenvalue weighted by Gasteiger charge is 2.06. The van der Waals surface area contributed by atoms with Crippen molar-refractivity contribution in [3.63, 3.8) is 0 Å². The van der Waals surface area contributed by atoms with Crippen LogP contribution in [0.15, 0.2) is 18.2 Å². The maximum Gasteiger partial charge on any atom is 0.164 e. The van der Waals surface area contributed by atoms with E-state index in [2.05, 4.69) is 13.8 Å². The van der Waals surface area contributed by atoms with Gasteiger partial charge in [-0.2, -0.15) is 0 Å². The summed E-state index contributed by atoms with van der Waals surface area (Å²) in [5, 5.41) is 0. The monoisotopic (exact) mass is 210 g/mol. The topological polar surface area (TPSA) is 27.7 Å². The van der Waals surface area contributed by atoms with Crippen LogP contribution in [0, 0.1) is 5.92 Å². The zero-order valence-electron chi connectivity index (χ0n) is 9.74. The quantitative estimate of drug-likeness (QED) is 0.748. The second-order valence-corrected chi connectivity index (χ2v) is 3.72. The minimum Gasteiger partial charge on any atom is -0.497 e. The van der Waals surface area contributed by atoms with Crippen molar-refractivity contribution in [3.8, 4) is 17.2 Å². The summed E-state index contributed by atoms with van der Waals surface area (Å²) in [5.74, 6) is 2.72. The van der Waals surface area contributed by atoms with Crippen LogP contribution in [0.2, 0.25) is 0 Å². The summed E-state index contributed by atoms with van der Waals surface area (Å²) >= 11 is 0. The van der Waals surface area contributed by atoms with E-state index < -0.39 is 0 Å². The fraction of sp³-hybridized carbons (Fsp3) is 0.500. The van der Waals surface area contributed by atoms with Crippen LogP contribution in [0.25, 0.3) is 0 Å². The average molecular weight is 210 g/mol. The van der Waals surface area contributed by atoms with Crippen molar-refractivity contribution in [2.75, 3.05) is 20.8 Å². The second kappa shape index (κ2) is 5.49. The fourth-order valence-corrected chi connectivity index (χ4v) is 1.15. The number of rotatable bonds is 5. The molecule has 1 rings (SSSR count). The van der Waals surface area contributed by atoms with Crippen molar-refractivity contribution in [1.29, 1.82) is 0 Å². The number of hydrogen-bond donors (Lipinski definition) is 0. The number of hydrogen-bond acceptors (Lipinski definition) is 3. The van der Waals surface area contributed by atoms with Crippen molar-refractivity contribution in [2.45, 2.75) is 13.8 Å². The first-order valence-electron chi connectivity index (χ1n) is 5.02. The standard InChI is InChI=1S/C12H18O3/c1-9(2)8-15-11-6-5-10(13-3)7-12(11)14-4/h5-7,9H,8H2,1-4H3. The smallest absolute Gasteiger partial charge is 0.164 e. The summed E-state index contributed by atoms with van der Waals surface area (Å²) in [6, 6.07) is 5.54. The lowest BCUT2D eigenvalue weighted by molar-refractivity contribution is 0.256. The molecule has 0 spiro atoms. The van der Waals surface area contributed by atoms with E-state index in [1.54, 1.807) is 14.2 Å². The molecule has 0 saturated heterocycles. The number of methoxy groups -OCH3 is 2. The van der Waals surface area contributed by atoms with Crippen LogP contribution in [0.3, 0.4) is 0 Å². The normalized spacial score (nSPS) is 10.2. The molecule has 0 aliphatic rings. The Balaban J connectivity index is 2.78. The number of benzene rings is 1. The Bertz CT molecular complexity index is 308. The van der Waals surface area contributed by atoms with Gasteiger partial charge in [-0.25, -0.2) is 0 Å². The third kappa shape index (κ3) is 3.35. The Hall–Kier alpha value is -1.38. The largest absolute Gasteiger partial charge is 0.497 e. The highest BCUT2D eigenvalue weighted by Crippen LogP contribution is 2.31. The van der Waals surface area contributed by atoms with Gasteiger partial charge in [0.2, 0.25) is 0 Å². The lowest BCUT2D eigenvalue weighted by Gasteiger charge is -2.13. The third-order valence-electron chi connectivity index (χ3n) is 1.94. The number of ether oxygens (including phenoxy) is 3. The first-order chi connectivity index (χ1) is 7.17. The predicted octanol–water partition coefficient (Wildman–Crippen LogP) is 2.74. The molecule has 0 N–H and O–H groups in total. The molecule has 0 aromatic heterocycles. The van der Waals surface area contributed by atoms with Gasteiger partial charge in [0.05, 0.1) is 20.8 Å². The van der Waals surface area contributed by atoms with Gasteiger partial charge in [-0.3, -0.25) is 0 Å². The van der Waals surface area contributed by atoms with Crippen LogP contribution in [0.5, 0.6) is 17.2 Å². The Labute approximate surface area is 91.0 Å². The molecule has 0 unspecified atom stereocenters. The van der Waals surface area contributed by atoms with Crippen LogP contribution in [-0.4, -0.2) is 20.8 Å². The molecule has 0 bridgehead atoms. The van der Waals surface area contributed by atoms with Gasteiger partial charge in [-0.05, 0) is 18.1 Å². The van der Waals surface area contributed by atoms with Gasteiger partial charge in [0.15, 0.2) is 11.5 Å². The second-order valence-electron chi connectivity index (χ2n) is 3.72. The molecule has 1 aromatic carbocycles. The first kappa shape index (κ1) is 11.7. The SMILES string of the molecule is COc1ccc(OCC(C)C)c(OC)c1. The summed E-state index contributed by atoms with van der Waals surface area (Å²) in [6.07, 6.45) is 0. The van der Waals surface area contributed by atoms with Crippen LogP contribution in [0.4, 0.5) is 0 Å². The van der Waals surface area contributed by atoms with Crippen molar-refractivity contribution in [3.05, 3.63) is 18.2 Å². The van der Waals surface area contributed by atoms with Crippen molar-refractivity contribution < 1.29 is 14.2 Å². The maximum atomic E-state index is 5.61. The van der Waals surface area contributed by atoms with Crippen molar-refractivity contribution >= 4 is 0 Å². The molecule has 3 heteroatoms. The minimum atomic E-state index is 0.497. The summed E-state index contributed by atoms with van der Waals surface area (Å²) in [6.45, 7) is 4.90. The summed E-state index contributed by atoms with van der Waals surface area (Å²) in [5.41, 5.74) is 0. The maximum absolute atomic E-state index is 5.61. The molecule has 0 aliphatic carbocycles.